The van der Waals surface area contributed by atoms with Gasteiger partial charge in [0.05, 0.1) is 5.69 Å². The Morgan fingerprint density at radius 2 is 1.95 bits per heavy atom. The highest BCUT2D eigenvalue weighted by molar-refractivity contribution is 5.14. The molecule has 1 aliphatic carbocycles. The van der Waals surface area contributed by atoms with Crippen LogP contribution in [0.15, 0.2) is 18.3 Å². The van der Waals surface area contributed by atoms with Crippen molar-refractivity contribution in [2.24, 2.45) is 0 Å². The van der Waals surface area contributed by atoms with Crippen LogP contribution >= 0.6 is 0 Å². The predicted octanol–water partition coefficient (Wildman–Crippen LogP) is 3.34. The van der Waals surface area contributed by atoms with E-state index in [0.717, 1.165) is 19.1 Å². The van der Waals surface area contributed by atoms with Crippen molar-refractivity contribution in [3.05, 3.63) is 29.6 Å². The van der Waals surface area contributed by atoms with Crippen molar-refractivity contribution in [3.63, 3.8) is 0 Å². The molecule has 1 heterocycles. The summed E-state index contributed by atoms with van der Waals surface area (Å²) in [5, 5.41) is 3.49. The molecule has 1 aromatic heterocycles. The molecule has 0 atom stereocenters. The molecular formula is C17H29N3. The molecule has 1 saturated carbocycles. The Labute approximate surface area is 123 Å². The Morgan fingerprint density at radius 1 is 1.25 bits per heavy atom. The second-order valence-corrected chi connectivity index (χ2v) is 7.11. The summed E-state index contributed by atoms with van der Waals surface area (Å²) in [6.07, 6.45) is 7.49. The fraction of sp³-hybridized carbons (Fsp3) is 0.706. The number of hydrogen-bond donors (Lipinski definition) is 1. The molecule has 2 rings (SSSR count). The van der Waals surface area contributed by atoms with Crippen molar-refractivity contribution in [2.75, 3.05) is 7.05 Å². The topological polar surface area (TPSA) is 28.2 Å². The summed E-state index contributed by atoms with van der Waals surface area (Å²) >= 11 is 0. The first-order valence-corrected chi connectivity index (χ1v) is 7.83. The van der Waals surface area contributed by atoms with E-state index in [4.69, 9.17) is 0 Å². The monoisotopic (exact) mass is 275 g/mol. The van der Waals surface area contributed by atoms with Crippen molar-refractivity contribution in [1.82, 2.24) is 15.2 Å². The van der Waals surface area contributed by atoms with E-state index in [9.17, 15) is 0 Å². The lowest BCUT2D eigenvalue weighted by Gasteiger charge is -2.23. The van der Waals surface area contributed by atoms with E-state index in [1.54, 1.807) is 0 Å². The quantitative estimate of drug-likeness (QED) is 0.893. The van der Waals surface area contributed by atoms with Crippen LogP contribution in [0, 0.1) is 0 Å². The smallest absolute Gasteiger partial charge is 0.0544 e. The zero-order valence-corrected chi connectivity index (χ0v) is 13.4. The van der Waals surface area contributed by atoms with Crippen LogP contribution in [0.2, 0.25) is 0 Å². The average molecular weight is 275 g/mol. The second kappa shape index (κ2) is 6.68. The van der Waals surface area contributed by atoms with Gasteiger partial charge in [0.25, 0.3) is 0 Å². The molecule has 0 bridgehead atoms. The van der Waals surface area contributed by atoms with Gasteiger partial charge in [0.15, 0.2) is 0 Å². The first kappa shape index (κ1) is 15.5. The van der Waals surface area contributed by atoms with Crippen LogP contribution < -0.4 is 5.32 Å². The third-order valence-electron chi connectivity index (χ3n) is 4.07. The molecule has 0 spiro atoms. The van der Waals surface area contributed by atoms with Gasteiger partial charge >= 0.3 is 0 Å². The minimum absolute atomic E-state index is 0.154. The highest BCUT2D eigenvalue weighted by Gasteiger charge is 2.19. The van der Waals surface area contributed by atoms with Crippen LogP contribution in [0.4, 0.5) is 0 Å². The zero-order valence-electron chi connectivity index (χ0n) is 13.4. The molecule has 0 unspecified atom stereocenters. The molecule has 112 valence electrons. The number of nitrogens with one attached hydrogen (secondary N) is 1. The van der Waals surface area contributed by atoms with Gasteiger partial charge in [-0.25, -0.2) is 0 Å². The molecule has 1 aliphatic rings. The van der Waals surface area contributed by atoms with Gasteiger partial charge in [-0.15, -0.1) is 0 Å². The van der Waals surface area contributed by atoms with Gasteiger partial charge in [-0.3, -0.25) is 9.88 Å². The standard InChI is InChI=1S/C17H29N3/c1-17(2,3)19-12-14-9-10-15(18-11-14)13-20(4)16-7-5-6-8-16/h9-11,16,19H,5-8,12-13H2,1-4H3. The second-order valence-electron chi connectivity index (χ2n) is 7.11. The van der Waals surface area contributed by atoms with E-state index in [2.05, 4.69) is 55.2 Å². The number of hydrogen-bond acceptors (Lipinski definition) is 3. The molecule has 0 radical (unpaired) electrons. The van der Waals surface area contributed by atoms with Crippen LogP contribution in [-0.2, 0) is 13.1 Å². The fourth-order valence-corrected chi connectivity index (χ4v) is 2.75. The third kappa shape index (κ3) is 4.88. The minimum atomic E-state index is 0.154. The van der Waals surface area contributed by atoms with Crippen LogP contribution in [0.5, 0.6) is 0 Å². The summed E-state index contributed by atoms with van der Waals surface area (Å²) in [4.78, 5) is 7.07. The molecule has 0 amide bonds. The fourth-order valence-electron chi connectivity index (χ4n) is 2.75. The Kier molecular flexibility index (Phi) is 5.17. The lowest BCUT2D eigenvalue weighted by molar-refractivity contribution is 0.234. The molecule has 1 fully saturated rings. The SMILES string of the molecule is CN(Cc1ccc(CNC(C)(C)C)cn1)C1CCCC1. The van der Waals surface area contributed by atoms with Gasteiger partial charge in [-0.05, 0) is 52.3 Å². The molecule has 20 heavy (non-hydrogen) atoms. The van der Waals surface area contributed by atoms with Crippen molar-refractivity contribution >= 4 is 0 Å². The van der Waals surface area contributed by atoms with Gasteiger partial charge in [0.2, 0.25) is 0 Å². The van der Waals surface area contributed by atoms with Crippen molar-refractivity contribution in [2.45, 2.75) is 71.1 Å². The molecule has 0 aromatic carbocycles. The molecular weight excluding hydrogens is 246 g/mol. The summed E-state index contributed by atoms with van der Waals surface area (Å²) in [5.41, 5.74) is 2.59. The van der Waals surface area contributed by atoms with Crippen LogP contribution in [0.1, 0.15) is 57.7 Å². The highest BCUT2D eigenvalue weighted by Crippen LogP contribution is 2.23. The number of rotatable bonds is 5. The maximum atomic E-state index is 4.61. The van der Waals surface area contributed by atoms with E-state index in [1.165, 1.54) is 36.9 Å². The molecule has 1 N–H and O–H groups in total. The Morgan fingerprint density at radius 3 is 2.50 bits per heavy atom. The number of pyridine rings is 1. The number of aromatic nitrogens is 1. The maximum Gasteiger partial charge on any atom is 0.0544 e. The number of nitrogens with zero attached hydrogens (tertiary/aromatic N) is 2. The van der Waals surface area contributed by atoms with Crippen molar-refractivity contribution < 1.29 is 0 Å². The average Bonchev–Trinajstić information content (AvgIpc) is 2.91. The Hall–Kier alpha value is -0.930. The van der Waals surface area contributed by atoms with E-state index in [1.807, 2.05) is 6.20 Å². The van der Waals surface area contributed by atoms with Crippen molar-refractivity contribution in [3.8, 4) is 0 Å². The Bertz CT molecular complexity index is 399. The van der Waals surface area contributed by atoms with E-state index < -0.39 is 0 Å². The van der Waals surface area contributed by atoms with Gasteiger partial charge in [0.1, 0.15) is 0 Å². The molecule has 1 aromatic rings. The minimum Gasteiger partial charge on any atom is -0.308 e. The molecule has 0 saturated heterocycles. The molecule has 0 aliphatic heterocycles. The predicted molar refractivity (Wildman–Crippen MR) is 84.6 cm³/mol. The van der Waals surface area contributed by atoms with E-state index in [0.29, 0.717) is 0 Å². The summed E-state index contributed by atoms with van der Waals surface area (Å²) in [5.74, 6) is 0. The summed E-state index contributed by atoms with van der Waals surface area (Å²) < 4.78 is 0. The van der Waals surface area contributed by atoms with Crippen LogP contribution in [-0.4, -0.2) is 28.5 Å². The largest absolute Gasteiger partial charge is 0.308 e. The van der Waals surface area contributed by atoms with Crippen LogP contribution in [0.25, 0.3) is 0 Å². The summed E-state index contributed by atoms with van der Waals surface area (Å²) in [7, 11) is 2.23. The lowest BCUT2D eigenvalue weighted by Crippen LogP contribution is -2.35. The first-order valence-electron chi connectivity index (χ1n) is 7.83. The van der Waals surface area contributed by atoms with Gasteiger partial charge in [-0.1, -0.05) is 18.9 Å². The molecule has 3 heteroatoms. The lowest BCUT2D eigenvalue weighted by atomic mass is 10.1. The normalized spacial score (nSPS) is 17.1. The summed E-state index contributed by atoms with van der Waals surface area (Å²) in [6, 6.07) is 5.13. The third-order valence-corrected chi connectivity index (χ3v) is 4.07. The zero-order chi connectivity index (χ0) is 14.6. The Balaban J connectivity index is 1.84. The summed E-state index contributed by atoms with van der Waals surface area (Å²) in [6.45, 7) is 8.41. The van der Waals surface area contributed by atoms with Gasteiger partial charge in [-0.2, -0.15) is 0 Å². The van der Waals surface area contributed by atoms with E-state index >= 15 is 0 Å². The van der Waals surface area contributed by atoms with Gasteiger partial charge < -0.3 is 5.32 Å². The van der Waals surface area contributed by atoms with Crippen LogP contribution in [0.3, 0.4) is 0 Å². The maximum absolute atomic E-state index is 4.61. The highest BCUT2D eigenvalue weighted by atomic mass is 15.1. The van der Waals surface area contributed by atoms with E-state index in [-0.39, 0.29) is 5.54 Å². The first-order chi connectivity index (χ1) is 9.44. The molecule has 3 nitrogen and oxygen atoms in total. The van der Waals surface area contributed by atoms with Crippen molar-refractivity contribution in [1.29, 1.82) is 0 Å². The van der Waals surface area contributed by atoms with Gasteiger partial charge in [0, 0.05) is 30.9 Å².